The molecule has 0 radical (unpaired) electrons. The highest BCUT2D eigenvalue weighted by atomic mass is 16.2. The Hall–Kier alpha value is -2.37. The van der Waals surface area contributed by atoms with E-state index in [1.54, 1.807) is 12.1 Å². The first kappa shape index (κ1) is 15.0. The van der Waals surface area contributed by atoms with Gasteiger partial charge in [-0.2, -0.15) is 0 Å². The summed E-state index contributed by atoms with van der Waals surface area (Å²) >= 11 is 0. The number of rotatable bonds is 4. The number of benzene rings is 1. The molecule has 2 rings (SSSR count). The molecule has 0 aliphatic carbocycles. The summed E-state index contributed by atoms with van der Waals surface area (Å²) in [6.45, 7) is 1.90. The average molecular weight is 289 g/mol. The molecular weight excluding hydrogens is 270 g/mol. The molecule has 6 heteroatoms. The maximum absolute atomic E-state index is 12.5. The van der Waals surface area contributed by atoms with E-state index in [0.717, 1.165) is 10.6 Å². The predicted octanol–water partition coefficient (Wildman–Crippen LogP) is 1.75. The van der Waals surface area contributed by atoms with Crippen molar-refractivity contribution in [2.45, 2.75) is 19.8 Å². The van der Waals surface area contributed by atoms with Crippen LogP contribution in [0, 0.1) is 5.92 Å². The molecule has 112 valence electrons. The number of amides is 4. The first-order valence-corrected chi connectivity index (χ1v) is 6.92. The van der Waals surface area contributed by atoms with Gasteiger partial charge in [-0.3, -0.25) is 14.9 Å². The topological polar surface area (TPSA) is 69.7 Å². The SMILES string of the molecule is CCCC1C(=O)NC(=O)N(c2ccccc2N(C)C)C1=O. The third-order valence-electron chi connectivity index (χ3n) is 3.45. The number of hydrogen-bond acceptors (Lipinski definition) is 4. The second kappa shape index (κ2) is 5.95. The first-order valence-electron chi connectivity index (χ1n) is 6.92. The van der Waals surface area contributed by atoms with E-state index in [4.69, 9.17) is 0 Å². The molecule has 0 aromatic heterocycles. The molecule has 1 aliphatic heterocycles. The van der Waals surface area contributed by atoms with Crippen molar-refractivity contribution in [1.29, 1.82) is 0 Å². The monoisotopic (exact) mass is 289 g/mol. The number of anilines is 2. The van der Waals surface area contributed by atoms with Crippen molar-refractivity contribution in [2.24, 2.45) is 5.92 Å². The number of nitrogens with zero attached hydrogens (tertiary/aromatic N) is 2. The number of carbonyl (C=O) groups excluding carboxylic acids is 3. The van der Waals surface area contributed by atoms with Crippen molar-refractivity contribution >= 4 is 29.2 Å². The molecule has 4 amide bonds. The molecule has 0 bridgehead atoms. The molecule has 1 unspecified atom stereocenters. The van der Waals surface area contributed by atoms with Crippen LogP contribution in [0.15, 0.2) is 24.3 Å². The van der Waals surface area contributed by atoms with Crippen molar-refractivity contribution < 1.29 is 14.4 Å². The van der Waals surface area contributed by atoms with E-state index in [-0.39, 0.29) is 0 Å². The highest BCUT2D eigenvalue weighted by Gasteiger charge is 2.41. The molecule has 1 aliphatic rings. The van der Waals surface area contributed by atoms with Gasteiger partial charge in [0.25, 0.3) is 0 Å². The predicted molar refractivity (Wildman–Crippen MR) is 80.2 cm³/mol. The molecule has 1 saturated heterocycles. The van der Waals surface area contributed by atoms with Crippen LogP contribution < -0.4 is 15.1 Å². The minimum atomic E-state index is -0.803. The smallest absolute Gasteiger partial charge is 0.335 e. The minimum absolute atomic E-state index is 0.429. The third kappa shape index (κ3) is 2.74. The van der Waals surface area contributed by atoms with Gasteiger partial charge in [0.05, 0.1) is 11.4 Å². The molecule has 1 N–H and O–H groups in total. The molecule has 1 fully saturated rings. The van der Waals surface area contributed by atoms with Crippen molar-refractivity contribution in [3.05, 3.63) is 24.3 Å². The van der Waals surface area contributed by atoms with Gasteiger partial charge in [0.15, 0.2) is 0 Å². The van der Waals surface area contributed by atoms with Crippen LogP contribution in [-0.4, -0.2) is 31.9 Å². The first-order chi connectivity index (χ1) is 9.97. The summed E-state index contributed by atoms with van der Waals surface area (Å²) in [5.74, 6) is -1.77. The summed E-state index contributed by atoms with van der Waals surface area (Å²) in [5, 5.41) is 2.27. The standard InChI is InChI=1S/C15H19N3O3/c1-4-7-10-13(19)16-15(21)18(14(10)20)12-9-6-5-8-11(12)17(2)3/h5-6,8-10H,4,7H2,1-3H3,(H,16,19,21). The summed E-state index contributed by atoms with van der Waals surface area (Å²) in [6, 6.07) is 6.42. The highest BCUT2D eigenvalue weighted by Crippen LogP contribution is 2.31. The van der Waals surface area contributed by atoms with Crippen molar-refractivity contribution in [1.82, 2.24) is 5.32 Å². The Morgan fingerprint density at radius 3 is 2.48 bits per heavy atom. The van der Waals surface area contributed by atoms with Crippen LogP contribution in [0.3, 0.4) is 0 Å². The highest BCUT2D eigenvalue weighted by molar-refractivity contribution is 6.28. The Morgan fingerprint density at radius 2 is 1.86 bits per heavy atom. The van der Waals surface area contributed by atoms with Crippen molar-refractivity contribution in [2.75, 3.05) is 23.9 Å². The van der Waals surface area contributed by atoms with E-state index in [9.17, 15) is 14.4 Å². The zero-order valence-electron chi connectivity index (χ0n) is 12.4. The van der Waals surface area contributed by atoms with Crippen molar-refractivity contribution in [3.63, 3.8) is 0 Å². The van der Waals surface area contributed by atoms with Gasteiger partial charge in [-0.15, -0.1) is 0 Å². The fourth-order valence-electron chi connectivity index (χ4n) is 2.42. The maximum Gasteiger partial charge on any atom is 0.335 e. The summed E-state index contributed by atoms with van der Waals surface area (Å²) in [6.07, 6.45) is 1.12. The summed E-state index contributed by atoms with van der Waals surface area (Å²) in [5.41, 5.74) is 1.23. The van der Waals surface area contributed by atoms with Gasteiger partial charge in [0.1, 0.15) is 5.92 Å². The fourth-order valence-corrected chi connectivity index (χ4v) is 2.42. The number of nitrogens with one attached hydrogen (secondary N) is 1. The lowest BCUT2D eigenvalue weighted by Crippen LogP contribution is -2.58. The van der Waals surface area contributed by atoms with E-state index in [1.165, 1.54) is 0 Å². The molecule has 1 atom stereocenters. The van der Waals surface area contributed by atoms with Gasteiger partial charge in [0, 0.05) is 14.1 Å². The summed E-state index contributed by atoms with van der Waals surface area (Å²) < 4.78 is 0. The van der Waals surface area contributed by atoms with Gasteiger partial charge in [-0.1, -0.05) is 25.5 Å². The van der Waals surface area contributed by atoms with Crippen molar-refractivity contribution in [3.8, 4) is 0 Å². The molecule has 1 aromatic rings. The Kier molecular flexibility index (Phi) is 4.26. The Balaban J connectivity index is 2.44. The van der Waals surface area contributed by atoms with Gasteiger partial charge >= 0.3 is 6.03 Å². The van der Waals surface area contributed by atoms with Crippen LogP contribution in [-0.2, 0) is 9.59 Å². The Morgan fingerprint density at radius 1 is 1.19 bits per heavy atom. The molecule has 1 aromatic carbocycles. The average Bonchev–Trinajstić information content (AvgIpc) is 2.43. The maximum atomic E-state index is 12.5. The summed E-state index contributed by atoms with van der Waals surface area (Å²) in [7, 11) is 3.67. The largest absolute Gasteiger partial charge is 0.376 e. The molecule has 21 heavy (non-hydrogen) atoms. The molecule has 6 nitrogen and oxygen atoms in total. The van der Waals surface area contributed by atoms with Crippen LogP contribution in [0.5, 0.6) is 0 Å². The lowest BCUT2D eigenvalue weighted by atomic mass is 9.98. The Labute approximate surface area is 123 Å². The number of urea groups is 1. The van der Waals surface area contributed by atoms with Gasteiger partial charge < -0.3 is 4.90 Å². The van der Waals surface area contributed by atoms with Crippen LogP contribution >= 0.6 is 0 Å². The van der Waals surface area contributed by atoms with Gasteiger partial charge in [-0.05, 0) is 18.6 Å². The van der Waals surface area contributed by atoms with Crippen LogP contribution in [0.1, 0.15) is 19.8 Å². The molecule has 0 saturated carbocycles. The number of hydrogen-bond donors (Lipinski definition) is 1. The zero-order chi connectivity index (χ0) is 15.6. The summed E-state index contributed by atoms with van der Waals surface area (Å²) in [4.78, 5) is 39.3. The van der Waals surface area contributed by atoms with Crippen LogP contribution in [0.25, 0.3) is 0 Å². The second-order valence-electron chi connectivity index (χ2n) is 5.19. The quantitative estimate of drug-likeness (QED) is 0.857. The number of imide groups is 2. The fraction of sp³-hybridized carbons (Fsp3) is 0.400. The molecule has 0 spiro atoms. The van der Waals surface area contributed by atoms with E-state index in [2.05, 4.69) is 5.32 Å². The third-order valence-corrected chi connectivity index (χ3v) is 3.45. The van der Waals surface area contributed by atoms with E-state index >= 15 is 0 Å². The molecule has 1 heterocycles. The van der Waals surface area contributed by atoms with Gasteiger partial charge in [-0.25, -0.2) is 9.69 Å². The van der Waals surface area contributed by atoms with Gasteiger partial charge in [0.2, 0.25) is 11.8 Å². The normalized spacial score (nSPS) is 18.7. The number of para-hydroxylation sites is 2. The number of barbiturate groups is 1. The second-order valence-corrected chi connectivity index (χ2v) is 5.19. The lowest BCUT2D eigenvalue weighted by molar-refractivity contribution is -0.134. The zero-order valence-corrected chi connectivity index (χ0v) is 12.4. The lowest BCUT2D eigenvalue weighted by Gasteiger charge is -2.32. The van der Waals surface area contributed by atoms with E-state index in [0.29, 0.717) is 18.5 Å². The number of carbonyl (C=O) groups is 3. The van der Waals surface area contributed by atoms with E-state index in [1.807, 2.05) is 38.1 Å². The minimum Gasteiger partial charge on any atom is -0.376 e. The van der Waals surface area contributed by atoms with E-state index < -0.39 is 23.8 Å². The Bertz CT molecular complexity index is 583. The van der Waals surface area contributed by atoms with Crippen LogP contribution in [0.4, 0.5) is 16.2 Å². The van der Waals surface area contributed by atoms with Crippen LogP contribution in [0.2, 0.25) is 0 Å². The molecular formula is C15H19N3O3.